The first-order valence-corrected chi connectivity index (χ1v) is 6.60. The van der Waals surface area contributed by atoms with Crippen LogP contribution in [0.25, 0.3) is 0 Å². The molecule has 6 nitrogen and oxygen atoms in total. The molecule has 2 rings (SSSR count). The van der Waals surface area contributed by atoms with Crippen LogP contribution in [0.5, 0.6) is 5.75 Å². The molecular weight excluding hydrogens is 305 g/mol. The lowest BCUT2D eigenvalue weighted by atomic mass is 10.1. The van der Waals surface area contributed by atoms with E-state index in [9.17, 15) is 14.5 Å². The Bertz CT molecular complexity index is 580. The summed E-state index contributed by atoms with van der Waals surface area (Å²) in [5.74, 6) is -1.74. The van der Waals surface area contributed by atoms with Crippen molar-refractivity contribution in [2.24, 2.45) is 0 Å². The zero-order valence-corrected chi connectivity index (χ0v) is 12.6. The van der Waals surface area contributed by atoms with Gasteiger partial charge in [0.1, 0.15) is 18.0 Å². The fourth-order valence-corrected chi connectivity index (χ4v) is 2.21. The third kappa shape index (κ3) is 3.61. The molecule has 0 radical (unpaired) electrons. The van der Waals surface area contributed by atoms with Crippen molar-refractivity contribution in [2.45, 2.75) is 32.2 Å². The van der Waals surface area contributed by atoms with Gasteiger partial charge in [-0.3, -0.25) is 10.1 Å². The lowest BCUT2D eigenvalue weighted by Gasteiger charge is -2.25. The number of nitro groups is 1. The normalized spacial score (nSPS) is 24.0. The van der Waals surface area contributed by atoms with E-state index in [2.05, 4.69) is 0 Å². The monoisotopic (exact) mass is 319 g/mol. The fourth-order valence-electron chi connectivity index (χ4n) is 2.06. The van der Waals surface area contributed by atoms with Crippen LogP contribution in [0, 0.1) is 15.9 Å². The van der Waals surface area contributed by atoms with Crippen LogP contribution < -0.4 is 4.74 Å². The second-order valence-electron chi connectivity index (χ2n) is 5.52. The highest BCUT2D eigenvalue weighted by Crippen LogP contribution is 2.35. The standard InChI is InChI=1S/C13H15ClFNO5/c1-12(2)20-7-13(3,21-12)6-19-11-5-9(15)8(14)4-10(11)16(17)18/h4-5H,6-7H2,1-3H3. The third-order valence-corrected chi connectivity index (χ3v) is 3.24. The third-order valence-electron chi connectivity index (χ3n) is 2.95. The number of rotatable bonds is 4. The Morgan fingerprint density at radius 3 is 2.67 bits per heavy atom. The zero-order valence-electron chi connectivity index (χ0n) is 11.8. The van der Waals surface area contributed by atoms with Gasteiger partial charge in [-0.25, -0.2) is 4.39 Å². The van der Waals surface area contributed by atoms with Gasteiger partial charge in [0.15, 0.2) is 11.5 Å². The number of hydrogen-bond acceptors (Lipinski definition) is 5. The van der Waals surface area contributed by atoms with Crippen LogP contribution in [0.3, 0.4) is 0 Å². The van der Waals surface area contributed by atoms with Gasteiger partial charge in [0.25, 0.3) is 0 Å². The summed E-state index contributed by atoms with van der Waals surface area (Å²) in [5, 5.41) is 10.6. The summed E-state index contributed by atoms with van der Waals surface area (Å²) in [6.45, 7) is 5.51. The van der Waals surface area contributed by atoms with Crippen molar-refractivity contribution in [3.63, 3.8) is 0 Å². The zero-order chi connectivity index (χ0) is 15.8. The minimum Gasteiger partial charge on any atom is -0.484 e. The Kier molecular flexibility index (Phi) is 4.10. The van der Waals surface area contributed by atoms with Crippen LogP contribution >= 0.6 is 11.6 Å². The lowest BCUT2D eigenvalue weighted by Crippen LogP contribution is -2.37. The van der Waals surface area contributed by atoms with Crippen molar-refractivity contribution in [2.75, 3.05) is 13.2 Å². The maximum Gasteiger partial charge on any atom is 0.312 e. The molecule has 1 unspecified atom stereocenters. The molecule has 21 heavy (non-hydrogen) atoms. The predicted molar refractivity (Wildman–Crippen MR) is 73.1 cm³/mol. The summed E-state index contributed by atoms with van der Waals surface area (Å²) in [4.78, 5) is 10.3. The number of nitrogens with zero attached hydrogens (tertiary/aromatic N) is 1. The molecule has 1 atom stereocenters. The average molecular weight is 320 g/mol. The average Bonchev–Trinajstić information content (AvgIpc) is 2.65. The van der Waals surface area contributed by atoms with Gasteiger partial charge in [-0.1, -0.05) is 11.6 Å². The van der Waals surface area contributed by atoms with Crippen LogP contribution in [0.4, 0.5) is 10.1 Å². The summed E-state index contributed by atoms with van der Waals surface area (Å²) in [6, 6.07) is 1.81. The Morgan fingerprint density at radius 1 is 1.48 bits per heavy atom. The molecule has 1 aliphatic rings. The Morgan fingerprint density at radius 2 is 2.14 bits per heavy atom. The highest BCUT2D eigenvalue weighted by molar-refractivity contribution is 6.31. The number of nitro benzene ring substituents is 1. The van der Waals surface area contributed by atoms with E-state index in [0.717, 1.165) is 12.1 Å². The highest BCUT2D eigenvalue weighted by Gasteiger charge is 2.43. The molecular formula is C13H15ClFNO5. The van der Waals surface area contributed by atoms with E-state index in [1.54, 1.807) is 20.8 Å². The first-order chi connectivity index (χ1) is 9.62. The van der Waals surface area contributed by atoms with E-state index < -0.39 is 27.8 Å². The van der Waals surface area contributed by atoms with Crippen molar-refractivity contribution >= 4 is 17.3 Å². The molecule has 0 bridgehead atoms. The van der Waals surface area contributed by atoms with Gasteiger partial charge < -0.3 is 14.2 Å². The first-order valence-electron chi connectivity index (χ1n) is 6.22. The van der Waals surface area contributed by atoms with Crippen molar-refractivity contribution in [1.82, 2.24) is 0 Å². The molecule has 0 aliphatic carbocycles. The Balaban J connectivity index is 2.17. The topological polar surface area (TPSA) is 70.8 Å². The fraction of sp³-hybridized carbons (Fsp3) is 0.538. The van der Waals surface area contributed by atoms with Gasteiger partial charge in [-0.2, -0.15) is 0 Å². The second kappa shape index (κ2) is 5.40. The van der Waals surface area contributed by atoms with Crippen LogP contribution in [-0.2, 0) is 9.47 Å². The van der Waals surface area contributed by atoms with E-state index in [1.165, 1.54) is 0 Å². The lowest BCUT2D eigenvalue weighted by molar-refractivity contribution is -0.386. The predicted octanol–water partition coefficient (Wildman–Crippen LogP) is 3.31. The largest absolute Gasteiger partial charge is 0.484 e. The smallest absolute Gasteiger partial charge is 0.312 e. The maximum absolute atomic E-state index is 13.5. The molecule has 0 N–H and O–H groups in total. The second-order valence-corrected chi connectivity index (χ2v) is 5.93. The van der Waals surface area contributed by atoms with Crippen LogP contribution in [0.2, 0.25) is 5.02 Å². The van der Waals surface area contributed by atoms with Gasteiger partial charge in [0, 0.05) is 12.1 Å². The van der Waals surface area contributed by atoms with E-state index >= 15 is 0 Å². The molecule has 1 aromatic rings. The molecule has 1 aromatic carbocycles. The number of hydrogen-bond donors (Lipinski definition) is 0. The summed E-state index contributed by atoms with van der Waals surface area (Å²) >= 11 is 5.54. The van der Waals surface area contributed by atoms with Gasteiger partial charge >= 0.3 is 5.69 Å². The quantitative estimate of drug-likeness (QED) is 0.629. The number of halogens is 2. The van der Waals surface area contributed by atoms with E-state index in [0.29, 0.717) is 0 Å². The maximum atomic E-state index is 13.5. The van der Waals surface area contributed by atoms with E-state index in [-0.39, 0.29) is 24.0 Å². The van der Waals surface area contributed by atoms with Crippen molar-refractivity contribution in [3.05, 3.63) is 33.1 Å². The summed E-state index contributed by atoms with van der Waals surface area (Å²) in [7, 11) is 0. The molecule has 1 fully saturated rings. The van der Waals surface area contributed by atoms with Crippen LogP contribution in [0.15, 0.2) is 12.1 Å². The molecule has 0 saturated carbocycles. The van der Waals surface area contributed by atoms with Crippen molar-refractivity contribution < 1.29 is 23.5 Å². The first kappa shape index (κ1) is 15.9. The Hall–Kier alpha value is -1.44. The van der Waals surface area contributed by atoms with Crippen LogP contribution in [0.1, 0.15) is 20.8 Å². The van der Waals surface area contributed by atoms with Crippen molar-refractivity contribution in [3.8, 4) is 5.75 Å². The molecule has 116 valence electrons. The molecule has 0 spiro atoms. The summed E-state index contributed by atoms with van der Waals surface area (Å²) in [6.07, 6.45) is 0. The molecule has 8 heteroatoms. The molecule has 1 aliphatic heterocycles. The van der Waals surface area contributed by atoms with Gasteiger partial charge in [-0.15, -0.1) is 0 Å². The number of benzene rings is 1. The molecule has 1 heterocycles. The van der Waals surface area contributed by atoms with Crippen molar-refractivity contribution in [1.29, 1.82) is 0 Å². The summed E-state index contributed by atoms with van der Waals surface area (Å²) < 4.78 is 29.9. The minimum absolute atomic E-state index is 0.0155. The van der Waals surface area contributed by atoms with E-state index in [4.69, 9.17) is 25.8 Å². The van der Waals surface area contributed by atoms with Crippen LogP contribution in [-0.4, -0.2) is 29.5 Å². The Labute approximate surface area is 125 Å². The van der Waals surface area contributed by atoms with Gasteiger partial charge in [0.2, 0.25) is 0 Å². The van der Waals surface area contributed by atoms with E-state index in [1.807, 2.05) is 0 Å². The molecule has 1 saturated heterocycles. The number of ether oxygens (including phenoxy) is 3. The SMILES string of the molecule is CC1(COc2cc(F)c(Cl)cc2[N+](=O)[O-])COC(C)(C)O1. The summed E-state index contributed by atoms with van der Waals surface area (Å²) in [5.41, 5.74) is -1.17. The van der Waals surface area contributed by atoms with Gasteiger partial charge in [0.05, 0.1) is 16.6 Å². The minimum atomic E-state index is -0.786. The molecule has 0 amide bonds. The molecule has 0 aromatic heterocycles. The van der Waals surface area contributed by atoms with Gasteiger partial charge in [-0.05, 0) is 20.8 Å². The highest BCUT2D eigenvalue weighted by atomic mass is 35.5.